The largest absolute Gasteiger partial charge is 0.383 e. The SMILES string of the molecule is CCN(CCC#N)S(=O)(=O)c1cn[nH]c1N. The van der Waals surface area contributed by atoms with Gasteiger partial charge in [0.1, 0.15) is 10.7 Å². The van der Waals surface area contributed by atoms with Crippen molar-refractivity contribution < 1.29 is 8.42 Å². The van der Waals surface area contributed by atoms with Crippen LogP contribution in [0.4, 0.5) is 5.82 Å². The zero-order valence-electron chi connectivity index (χ0n) is 8.84. The number of nitrogens with two attached hydrogens (primary N) is 1. The molecule has 0 unspecified atom stereocenters. The quantitative estimate of drug-likeness (QED) is 0.750. The lowest BCUT2D eigenvalue weighted by atomic mass is 10.5. The molecule has 0 atom stereocenters. The van der Waals surface area contributed by atoms with E-state index in [1.54, 1.807) is 6.92 Å². The van der Waals surface area contributed by atoms with Crippen molar-refractivity contribution >= 4 is 15.8 Å². The summed E-state index contributed by atoms with van der Waals surface area (Å²) in [6, 6.07) is 1.90. The highest BCUT2D eigenvalue weighted by molar-refractivity contribution is 7.89. The average Bonchev–Trinajstić information content (AvgIpc) is 2.66. The highest BCUT2D eigenvalue weighted by atomic mass is 32.2. The van der Waals surface area contributed by atoms with E-state index in [0.29, 0.717) is 0 Å². The van der Waals surface area contributed by atoms with Crippen molar-refractivity contribution in [1.82, 2.24) is 14.5 Å². The second kappa shape index (κ2) is 4.96. The van der Waals surface area contributed by atoms with E-state index in [1.165, 1.54) is 10.5 Å². The molecule has 0 bridgehead atoms. The van der Waals surface area contributed by atoms with Crippen LogP contribution in [0, 0.1) is 11.3 Å². The maximum atomic E-state index is 12.0. The van der Waals surface area contributed by atoms with Crippen LogP contribution in [0.3, 0.4) is 0 Å². The molecule has 1 rings (SSSR count). The Hall–Kier alpha value is -1.59. The lowest BCUT2D eigenvalue weighted by Gasteiger charge is -2.18. The van der Waals surface area contributed by atoms with Gasteiger partial charge in [0.2, 0.25) is 10.0 Å². The van der Waals surface area contributed by atoms with Crippen LogP contribution in [-0.4, -0.2) is 36.0 Å². The minimum Gasteiger partial charge on any atom is -0.383 e. The Labute approximate surface area is 93.9 Å². The number of nitrogens with one attached hydrogen (secondary N) is 1. The molecule has 88 valence electrons. The number of aromatic amines is 1. The van der Waals surface area contributed by atoms with Crippen molar-refractivity contribution in [3.63, 3.8) is 0 Å². The average molecular weight is 243 g/mol. The Morgan fingerprint density at radius 3 is 2.81 bits per heavy atom. The summed E-state index contributed by atoms with van der Waals surface area (Å²) in [7, 11) is -3.65. The van der Waals surface area contributed by atoms with Crippen LogP contribution in [0.25, 0.3) is 0 Å². The van der Waals surface area contributed by atoms with Crippen molar-refractivity contribution in [2.75, 3.05) is 18.8 Å². The molecular weight excluding hydrogens is 230 g/mol. The van der Waals surface area contributed by atoms with Gasteiger partial charge in [-0.2, -0.15) is 14.7 Å². The molecule has 0 saturated carbocycles. The predicted molar refractivity (Wildman–Crippen MR) is 57.7 cm³/mol. The Bertz CT molecular complexity index is 487. The number of hydrogen-bond donors (Lipinski definition) is 2. The van der Waals surface area contributed by atoms with Crippen LogP contribution >= 0.6 is 0 Å². The molecule has 0 aliphatic heterocycles. The molecule has 8 heteroatoms. The third-order valence-electron chi connectivity index (χ3n) is 2.08. The molecule has 0 aliphatic rings. The number of anilines is 1. The van der Waals surface area contributed by atoms with E-state index in [1.807, 2.05) is 6.07 Å². The molecule has 0 aliphatic carbocycles. The Morgan fingerprint density at radius 1 is 1.69 bits per heavy atom. The summed E-state index contributed by atoms with van der Waals surface area (Å²) in [4.78, 5) is -0.0488. The van der Waals surface area contributed by atoms with Gasteiger partial charge >= 0.3 is 0 Å². The molecule has 0 fully saturated rings. The van der Waals surface area contributed by atoms with Gasteiger partial charge in [-0.05, 0) is 0 Å². The van der Waals surface area contributed by atoms with Crippen molar-refractivity contribution in [2.24, 2.45) is 0 Å². The predicted octanol–water partition coefficient (Wildman–Crippen LogP) is -0.0838. The van der Waals surface area contributed by atoms with E-state index in [0.717, 1.165) is 0 Å². The van der Waals surface area contributed by atoms with E-state index < -0.39 is 10.0 Å². The van der Waals surface area contributed by atoms with E-state index in [9.17, 15) is 8.42 Å². The highest BCUT2D eigenvalue weighted by Crippen LogP contribution is 2.19. The zero-order valence-corrected chi connectivity index (χ0v) is 9.66. The number of rotatable bonds is 5. The molecule has 0 amide bonds. The molecule has 0 spiro atoms. The second-order valence-corrected chi connectivity index (χ2v) is 4.96. The van der Waals surface area contributed by atoms with Gasteiger partial charge in [0, 0.05) is 19.5 Å². The van der Waals surface area contributed by atoms with Crippen LogP contribution in [0.1, 0.15) is 13.3 Å². The van der Waals surface area contributed by atoms with Gasteiger partial charge in [0.15, 0.2) is 0 Å². The lowest BCUT2D eigenvalue weighted by molar-refractivity contribution is 0.435. The Balaban J connectivity index is 3.01. The number of nitriles is 1. The molecule has 0 saturated heterocycles. The molecule has 0 radical (unpaired) electrons. The number of aromatic nitrogens is 2. The highest BCUT2D eigenvalue weighted by Gasteiger charge is 2.26. The summed E-state index contributed by atoms with van der Waals surface area (Å²) in [6.45, 7) is 2.14. The van der Waals surface area contributed by atoms with Crippen molar-refractivity contribution in [3.05, 3.63) is 6.20 Å². The summed E-state index contributed by atoms with van der Waals surface area (Å²) in [5.41, 5.74) is 5.46. The normalized spacial score (nSPS) is 11.6. The van der Waals surface area contributed by atoms with Crippen LogP contribution in [0.15, 0.2) is 11.1 Å². The molecule has 3 N–H and O–H groups in total. The zero-order chi connectivity index (χ0) is 12.2. The third kappa shape index (κ3) is 2.32. The van der Waals surface area contributed by atoms with Crippen LogP contribution in [0.5, 0.6) is 0 Å². The van der Waals surface area contributed by atoms with Gasteiger partial charge in [-0.3, -0.25) is 5.10 Å². The minimum atomic E-state index is -3.65. The summed E-state index contributed by atoms with van der Waals surface area (Å²) in [5.74, 6) is 0.00964. The van der Waals surface area contributed by atoms with Crippen LogP contribution in [0.2, 0.25) is 0 Å². The fraction of sp³-hybridized carbons (Fsp3) is 0.500. The van der Waals surface area contributed by atoms with Crippen molar-refractivity contribution in [3.8, 4) is 6.07 Å². The summed E-state index contributed by atoms with van der Waals surface area (Å²) >= 11 is 0. The van der Waals surface area contributed by atoms with Crippen LogP contribution in [-0.2, 0) is 10.0 Å². The van der Waals surface area contributed by atoms with Gasteiger partial charge in [-0.1, -0.05) is 6.92 Å². The summed E-state index contributed by atoms with van der Waals surface area (Å²) in [5, 5.41) is 14.4. The van der Waals surface area contributed by atoms with E-state index >= 15 is 0 Å². The van der Waals surface area contributed by atoms with Gasteiger partial charge in [0.05, 0.1) is 12.3 Å². The number of sulfonamides is 1. The third-order valence-corrected chi connectivity index (χ3v) is 4.08. The monoisotopic (exact) mass is 243 g/mol. The smallest absolute Gasteiger partial charge is 0.248 e. The molecule has 1 aromatic heterocycles. The molecule has 7 nitrogen and oxygen atoms in total. The first-order chi connectivity index (χ1) is 7.54. The number of nitrogen functional groups attached to an aromatic ring is 1. The first-order valence-electron chi connectivity index (χ1n) is 4.70. The molecular formula is C8H13N5O2S. The van der Waals surface area contributed by atoms with Crippen molar-refractivity contribution in [2.45, 2.75) is 18.2 Å². The first kappa shape index (κ1) is 12.5. The number of nitrogens with zero attached hydrogens (tertiary/aromatic N) is 3. The van der Waals surface area contributed by atoms with E-state index in [4.69, 9.17) is 11.0 Å². The van der Waals surface area contributed by atoms with Crippen molar-refractivity contribution in [1.29, 1.82) is 5.26 Å². The fourth-order valence-corrected chi connectivity index (χ4v) is 2.71. The summed E-state index contributed by atoms with van der Waals surface area (Å²) in [6.07, 6.45) is 1.31. The van der Waals surface area contributed by atoms with Gasteiger partial charge in [-0.15, -0.1) is 0 Å². The number of H-pyrrole nitrogens is 1. The molecule has 0 aromatic carbocycles. The van der Waals surface area contributed by atoms with Gasteiger partial charge in [-0.25, -0.2) is 8.42 Å². The fourth-order valence-electron chi connectivity index (χ4n) is 1.25. The lowest BCUT2D eigenvalue weighted by Crippen LogP contribution is -2.32. The van der Waals surface area contributed by atoms with E-state index in [-0.39, 0.29) is 30.2 Å². The standard InChI is InChI=1S/C8H13N5O2S/c1-2-13(5-3-4-9)16(14,15)7-6-11-12-8(7)10/h6H,2-3,5H2,1H3,(H3,10,11,12). The molecule has 1 aromatic rings. The van der Waals surface area contributed by atoms with E-state index in [2.05, 4.69) is 10.2 Å². The maximum absolute atomic E-state index is 12.0. The first-order valence-corrected chi connectivity index (χ1v) is 6.14. The summed E-state index contributed by atoms with van der Waals surface area (Å²) < 4.78 is 25.2. The Kier molecular flexibility index (Phi) is 3.87. The molecule has 16 heavy (non-hydrogen) atoms. The van der Waals surface area contributed by atoms with Gasteiger partial charge < -0.3 is 5.73 Å². The Morgan fingerprint density at radius 2 is 2.38 bits per heavy atom. The number of hydrogen-bond acceptors (Lipinski definition) is 5. The second-order valence-electron chi connectivity index (χ2n) is 3.05. The maximum Gasteiger partial charge on any atom is 0.248 e. The van der Waals surface area contributed by atoms with Gasteiger partial charge in [0.25, 0.3) is 0 Å². The minimum absolute atomic E-state index is 0.00964. The topological polar surface area (TPSA) is 116 Å². The van der Waals surface area contributed by atoms with Crippen LogP contribution < -0.4 is 5.73 Å². The molecule has 1 heterocycles.